The maximum atomic E-state index is 13.8. The number of rotatable bonds is 8. The monoisotopic (exact) mass is 549 g/mol. The summed E-state index contributed by atoms with van der Waals surface area (Å²) >= 11 is 1.43. The first-order valence-corrected chi connectivity index (χ1v) is 15.1. The smallest absolute Gasteiger partial charge is 0.260 e. The Kier molecular flexibility index (Phi) is 7.78. The van der Waals surface area contributed by atoms with Crippen molar-refractivity contribution in [1.29, 1.82) is 0 Å². The molecule has 1 fully saturated rings. The highest BCUT2D eigenvalue weighted by Crippen LogP contribution is 2.33. The predicted molar refractivity (Wildman–Crippen MR) is 151 cm³/mol. The van der Waals surface area contributed by atoms with Gasteiger partial charge in [0.2, 0.25) is 10.0 Å². The van der Waals surface area contributed by atoms with Gasteiger partial charge >= 0.3 is 0 Å². The third kappa shape index (κ3) is 5.60. The van der Waals surface area contributed by atoms with E-state index in [1.165, 1.54) is 23.5 Å². The van der Waals surface area contributed by atoms with E-state index < -0.39 is 10.0 Å². The van der Waals surface area contributed by atoms with E-state index >= 15 is 0 Å². The van der Waals surface area contributed by atoms with Gasteiger partial charge in [-0.2, -0.15) is 4.31 Å². The average Bonchev–Trinajstić information content (AvgIpc) is 3.35. The largest absolute Gasteiger partial charge is 0.494 e. The quantitative estimate of drug-likeness (QED) is 0.271. The van der Waals surface area contributed by atoms with Gasteiger partial charge in [0.25, 0.3) is 5.91 Å². The molecule has 2 heterocycles. The number of piperidine rings is 1. The lowest BCUT2D eigenvalue weighted by atomic mass is 10.0. The van der Waals surface area contributed by atoms with Gasteiger partial charge < -0.3 is 4.74 Å². The van der Waals surface area contributed by atoms with Crippen molar-refractivity contribution < 1.29 is 17.9 Å². The number of hydrogen-bond donors (Lipinski definition) is 0. The molecule has 1 amide bonds. The van der Waals surface area contributed by atoms with E-state index in [-0.39, 0.29) is 10.8 Å². The highest BCUT2D eigenvalue weighted by molar-refractivity contribution is 7.89. The Morgan fingerprint density at radius 3 is 2.58 bits per heavy atom. The first kappa shape index (κ1) is 26.3. The van der Waals surface area contributed by atoms with E-state index in [2.05, 4.69) is 6.92 Å². The fourth-order valence-corrected chi connectivity index (χ4v) is 7.29. The summed E-state index contributed by atoms with van der Waals surface area (Å²) in [5, 5.41) is 0.571. The summed E-state index contributed by atoms with van der Waals surface area (Å²) < 4.78 is 34.5. The zero-order valence-corrected chi connectivity index (χ0v) is 23.2. The van der Waals surface area contributed by atoms with Gasteiger partial charge in [-0.1, -0.05) is 48.6 Å². The lowest BCUT2D eigenvalue weighted by molar-refractivity contribution is 0.0985. The number of ether oxygens (including phenoxy) is 1. The Labute approximate surface area is 227 Å². The predicted octanol–water partition coefficient (Wildman–Crippen LogP) is 5.96. The zero-order chi connectivity index (χ0) is 26.7. The number of benzene rings is 3. The van der Waals surface area contributed by atoms with Crippen LogP contribution in [0.3, 0.4) is 0 Å². The molecule has 0 spiro atoms. The fraction of sp³-hybridized carbons (Fsp3) is 0.310. The summed E-state index contributed by atoms with van der Waals surface area (Å²) in [6.45, 7) is 5.97. The molecule has 7 nitrogen and oxygen atoms in total. The molecule has 0 radical (unpaired) electrons. The van der Waals surface area contributed by atoms with Crippen molar-refractivity contribution in [3.63, 3.8) is 0 Å². The molecule has 9 heteroatoms. The maximum Gasteiger partial charge on any atom is 0.260 e. The van der Waals surface area contributed by atoms with Gasteiger partial charge in [0.15, 0.2) is 5.13 Å². The van der Waals surface area contributed by atoms with Crippen LogP contribution in [-0.4, -0.2) is 43.3 Å². The van der Waals surface area contributed by atoms with Crippen molar-refractivity contribution >= 4 is 42.6 Å². The molecule has 0 aliphatic carbocycles. The Morgan fingerprint density at radius 1 is 1.11 bits per heavy atom. The molecular formula is C29H31N3O4S2. The van der Waals surface area contributed by atoms with Crippen LogP contribution in [0.2, 0.25) is 0 Å². The molecule has 0 saturated carbocycles. The number of sulfonamides is 1. The highest BCUT2D eigenvalue weighted by atomic mass is 32.2. The Balaban J connectivity index is 1.45. The number of aromatic nitrogens is 1. The third-order valence-electron chi connectivity index (χ3n) is 6.68. The summed E-state index contributed by atoms with van der Waals surface area (Å²) in [6, 6.07) is 21.7. The molecule has 0 N–H and O–H groups in total. The molecule has 1 aliphatic rings. The minimum Gasteiger partial charge on any atom is -0.494 e. The summed E-state index contributed by atoms with van der Waals surface area (Å²) in [5.41, 5.74) is 2.16. The SMILES string of the molecule is CCOc1ccc2nc(N(Cc3ccccc3)C(=O)c3ccc(S(=O)(=O)N4CCCC(C)C4)cc3)sc2c1. The molecule has 4 aromatic rings. The minimum atomic E-state index is -3.60. The number of fused-ring (bicyclic) bond motifs is 1. The van der Waals surface area contributed by atoms with Gasteiger partial charge in [-0.3, -0.25) is 9.69 Å². The van der Waals surface area contributed by atoms with E-state index in [1.54, 1.807) is 21.3 Å². The first-order chi connectivity index (χ1) is 18.3. The van der Waals surface area contributed by atoms with Gasteiger partial charge in [0.05, 0.1) is 28.3 Å². The number of nitrogens with zero attached hydrogens (tertiary/aromatic N) is 3. The topological polar surface area (TPSA) is 79.8 Å². The van der Waals surface area contributed by atoms with Crippen LogP contribution >= 0.6 is 11.3 Å². The maximum absolute atomic E-state index is 13.8. The third-order valence-corrected chi connectivity index (χ3v) is 9.60. The molecule has 1 unspecified atom stereocenters. The molecule has 5 rings (SSSR count). The van der Waals surface area contributed by atoms with Crippen LogP contribution in [0.5, 0.6) is 5.75 Å². The second-order valence-electron chi connectivity index (χ2n) is 9.57. The molecule has 0 bridgehead atoms. The van der Waals surface area contributed by atoms with Gasteiger partial charge in [-0.05, 0) is 73.7 Å². The Morgan fingerprint density at radius 2 is 1.87 bits per heavy atom. The van der Waals surface area contributed by atoms with E-state index in [1.807, 2.05) is 55.5 Å². The van der Waals surface area contributed by atoms with Gasteiger partial charge in [0, 0.05) is 18.7 Å². The Bertz CT molecular complexity index is 1520. The molecule has 1 aromatic heterocycles. The molecule has 198 valence electrons. The molecule has 3 aromatic carbocycles. The van der Waals surface area contributed by atoms with E-state index in [0.717, 1.165) is 34.4 Å². The molecule has 1 atom stereocenters. The van der Waals surface area contributed by atoms with Crippen LogP contribution in [-0.2, 0) is 16.6 Å². The van der Waals surface area contributed by atoms with E-state index in [4.69, 9.17) is 9.72 Å². The first-order valence-electron chi connectivity index (χ1n) is 12.8. The normalized spacial score (nSPS) is 16.4. The standard InChI is InChI=1S/C29H31N3O4S2/c1-3-36-24-13-16-26-27(18-24)37-29(30-26)32(20-22-9-5-4-6-10-22)28(33)23-11-14-25(15-12-23)38(34,35)31-17-7-8-21(2)19-31/h4-6,9-16,18,21H,3,7-8,17,19-20H2,1-2H3. The molecule has 1 saturated heterocycles. The molecular weight excluding hydrogens is 518 g/mol. The van der Waals surface area contributed by atoms with Crippen molar-refractivity contribution in [2.24, 2.45) is 5.92 Å². The summed E-state index contributed by atoms with van der Waals surface area (Å²) in [4.78, 5) is 20.4. The van der Waals surface area contributed by atoms with Crippen LogP contribution in [0.4, 0.5) is 5.13 Å². The van der Waals surface area contributed by atoms with E-state index in [9.17, 15) is 13.2 Å². The minimum absolute atomic E-state index is 0.209. The van der Waals surface area contributed by atoms with Crippen molar-refractivity contribution in [2.75, 3.05) is 24.6 Å². The van der Waals surface area contributed by atoms with Crippen molar-refractivity contribution in [1.82, 2.24) is 9.29 Å². The lowest BCUT2D eigenvalue weighted by Gasteiger charge is -2.30. The second-order valence-corrected chi connectivity index (χ2v) is 12.5. The highest BCUT2D eigenvalue weighted by Gasteiger charge is 2.29. The number of anilines is 1. The van der Waals surface area contributed by atoms with Gasteiger partial charge in [0.1, 0.15) is 5.75 Å². The number of carbonyl (C=O) groups excluding carboxylic acids is 1. The van der Waals surface area contributed by atoms with Crippen molar-refractivity contribution in [3.8, 4) is 5.75 Å². The van der Waals surface area contributed by atoms with Crippen LogP contribution in [0.15, 0.2) is 77.7 Å². The zero-order valence-electron chi connectivity index (χ0n) is 21.5. The average molecular weight is 550 g/mol. The number of amides is 1. The van der Waals surface area contributed by atoms with Gasteiger partial charge in [-0.15, -0.1) is 0 Å². The van der Waals surface area contributed by atoms with Crippen LogP contribution in [0.25, 0.3) is 10.2 Å². The summed E-state index contributed by atoms with van der Waals surface area (Å²) in [5.74, 6) is 0.855. The van der Waals surface area contributed by atoms with Crippen LogP contribution in [0, 0.1) is 5.92 Å². The summed E-state index contributed by atoms with van der Waals surface area (Å²) in [7, 11) is -3.60. The van der Waals surface area contributed by atoms with Crippen LogP contribution in [0.1, 0.15) is 42.6 Å². The second kappa shape index (κ2) is 11.2. The molecule has 1 aliphatic heterocycles. The van der Waals surface area contributed by atoms with Crippen molar-refractivity contribution in [3.05, 3.63) is 83.9 Å². The number of thiazole rings is 1. The Hall–Kier alpha value is -3.27. The van der Waals surface area contributed by atoms with Gasteiger partial charge in [-0.25, -0.2) is 13.4 Å². The van der Waals surface area contributed by atoms with Crippen molar-refractivity contribution in [2.45, 2.75) is 38.1 Å². The number of carbonyl (C=O) groups is 1. The molecule has 38 heavy (non-hydrogen) atoms. The lowest BCUT2D eigenvalue weighted by Crippen LogP contribution is -2.39. The summed E-state index contributed by atoms with van der Waals surface area (Å²) in [6.07, 6.45) is 1.90. The fourth-order valence-electron chi connectivity index (χ4n) is 4.70. The number of hydrogen-bond acceptors (Lipinski definition) is 6. The van der Waals surface area contributed by atoms with E-state index in [0.29, 0.717) is 42.9 Å². The van der Waals surface area contributed by atoms with Crippen LogP contribution < -0.4 is 9.64 Å².